The number of nitrogen functional groups attached to an aromatic ring is 1. The molecule has 0 saturated heterocycles. The molecule has 0 radical (unpaired) electrons. The van der Waals surface area contributed by atoms with Gasteiger partial charge in [0.2, 0.25) is 0 Å². The van der Waals surface area contributed by atoms with Gasteiger partial charge >= 0.3 is 0 Å². The summed E-state index contributed by atoms with van der Waals surface area (Å²) in [6.07, 6.45) is 2.43. The van der Waals surface area contributed by atoms with Crippen molar-refractivity contribution in [3.63, 3.8) is 0 Å². The van der Waals surface area contributed by atoms with E-state index in [0.29, 0.717) is 5.39 Å². The van der Waals surface area contributed by atoms with Crippen molar-refractivity contribution in [1.82, 2.24) is 15.0 Å². The van der Waals surface area contributed by atoms with E-state index in [9.17, 15) is 38.9 Å². The van der Waals surface area contributed by atoms with Crippen LogP contribution < -0.4 is 5.73 Å². The molecule has 206 valence electrons. The molecule has 0 fully saturated rings. The summed E-state index contributed by atoms with van der Waals surface area (Å²) in [7, 11) is -14.1. The van der Waals surface area contributed by atoms with Gasteiger partial charge in [-0.2, -0.15) is 30.0 Å². The fraction of sp³-hybridized carbons (Fsp3) is 0. The second-order valence-corrected chi connectivity index (χ2v) is 12.7. The Morgan fingerprint density at radius 1 is 0.650 bits per heavy atom. The minimum absolute atomic E-state index is 0.00331. The largest absolute Gasteiger partial charge is 0.399 e. The Hall–Kier alpha value is -4.19. The summed E-state index contributed by atoms with van der Waals surface area (Å²) in [5, 5.41) is 9.16. The Kier molecular flexibility index (Phi) is 6.48. The number of nitrogens with two attached hydrogens (primary N) is 1. The predicted octanol–water partition coefficient (Wildman–Crippen LogP) is 3.07. The third kappa shape index (κ3) is 5.18. The first-order valence-electron chi connectivity index (χ1n) is 11.1. The maximum Gasteiger partial charge on any atom is 0.295 e. The molecule has 0 aliphatic heterocycles. The normalized spacial score (nSPS) is 13.0. The zero-order valence-corrected chi connectivity index (χ0v) is 22.4. The van der Waals surface area contributed by atoms with E-state index in [4.69, 9.17) is 5.73 Å². The van der Waals surface area contributed by atoms with Gasteiger partial charge in [-0.15, -0.1) is 10.2 Å². The van der Waals surface area contributed by atoms with Crippen LogP contribution in [0.25, 0.3) is 39.6 Å². The Labute approximate surface area is 227 Å². The molecular weight excluding hydrogens is 584 g/mol. The van der Waals surface area contributed by atoms with Gasteiger partial charge in [-0.25, -0.2) is 0 Å². The van der Waals surface area contributed by atoms with Gasteiger partial charge in [0.1, 0.15) is 25.7 Å². The summed E-state index contributed by atoms with van der Waals surface area (Å²) in [6.45, 7) is 0. The molecule has 0 amide bonds. The lowest BCUT2D eigenvalue weighted by Gasteiger charge is -2.07. The molecular formula is C24H18N4O9S3. The van der Waals surface area contributed by atoms with Crippen molar-refractivity contribution >= 4 is 70.0 Å². The molecule has 0 saturated carbocycles. The molecule has 0 bridgehead atoms. The first kappa shape index (κ1) is 27.4. The van der Waals surface area contributed by atoms with E-state index in [1.54, 1.807) is 18.2 Å². The number of rotatable bonds is 6. The molecule has 4 aromatic carbocycles. The van der Waals surface area contributed by atoms with E-state index in [1.807, 2.05) is 0 Å². The molecule has 0 unspecified atom stereocenters. The number of hydrogen-bond donors (Lipinski definition) is 4. The van der Waals surface area contributed by atoms with E-state index in [0.717, 1.165) is 23.0 Å². The summed E-state index contributed by atoms with van der Waals surface area (Å²) >= 11 is 0. The highest BCUT2D eigenvalue weighted by Gasteiger charge is 2.21. The third-order valence-electron chi connectivity index (χ3n) is 5.90. The molecule has 40 heavy (non-hydrogen) atoms. The maximum atomic E-state index is 12.2. The Balaban J connectivity index is 1.65. The van der Waals surface area contributed by atoms with Crippen LogP contribution in [-0.2, 0) is 30.4 Å². The second-order valence-electron chi connectivity index (χ2n) is 8.56. The monoisotopic (exact) mass is 602 g/mol. The van der Waals surface area contributed by atoms with Crippen LogP contribution in [0.15, 0.2) is 81.4 Å². The number of aromatic nitrogens is 3. The standard InChI is InChI=1S/C24H18N4O9S3/c25-16-9-7-14(21(11-16)38(29,30)31)5-6-15-8-10-17(12-22(15)39(32,33)34)28-26-20-13-23(40(35,36)37)18-3-1-2-4-19(18)24(20)27-28/h1-13H,25H2,(H,29,30,31)(H,32,33,34)(H,35,36,37)/b6-5+. The zero-order chi connectivity index (χ0) is 29.0. The molecule has 5 N–H and O–H groups in total. The summed E-state index contributed by atoms with van der Waals surface area (Å²) in [5.41, 5.74) is 6.07. The van der Waals surface area contributed by atoms with Crippen LogP contribution in [0.1, 0.15) is 11.1 Å². The molecule has 0 aliphatic rings. The number of anilines is 1. The van der Waals surface area contributed by atoms with Crippen molar-refractivity contribution in [2.45, 2.75) is 14.7 Å². The van der Waals surface area contributed by atoms with Gasteiger partial charge < -0.3 is 5.73 Å². The van der Waals surface area contributed by atoms with E-state index >= 15 is 0 Å². The highest BCUT2D eigenvalue weighted by atomic mass is 32.2. The Bertz CT molecular complexity index is 2210. The molecule has 5 aromatic rings. The fourth-order valence-corrected chi connectivity index (χ4v) is 6.28. The van der Waals surface area contributed by atoms with Gasteiger partial charge in [0.05, 0.1) is 5.69 Å². The molecule has 0 atom stereocenters. The van der Waals surface area contributed by atoms with Gasteiger partial charge in [0.15, 0.2) is 0 Å². The average Bonchev–Trinajstić information content (AvgIpc) is 3.30. The molecule has 1 aromatic heterocycles. The molecule has 5 rings (SSSR count). The first-order valence-corrected chi connectivity index (χ1v) is 15.4. The highest BCUT2D eigenvalue weighted by molar-refractivity contribution is 7.86. The minimum Gasteiger partial charge on any atom is -0.399 e. The van der Waals surface area contributed by atoms with Crippen LogP contribution in [0, 0.1) is 0 Å². The number of benzene rings is 4. The molecule has 1 heterocycles. The summed E-state index contributed by atoms with van der Waals surface area (Å²) in [5.74, 6) is 0. The lowest BCUT2D eigenvalue weighted by Crippen LogP contribution is -2.05. The van der Waals surface area contributed by atoms with Crippen LogP contribution in [0.3, 0.4) is 0 Å². The number of nitrogens with zero attached hydrogens (tertiary/aromatic N) is 3. The fourth-order valence-electron chi connectivity index (χ4n) is 4.14. The first-order chi connectivity index (χ1) is 18.6. The minimum atomic E-state index is -4.82. The van der Waals surface area contributed by atoms with E-state index in [-0.39, 0.29) is 43.8 Å². The van der Waals surface area contributed by atoms with Crippen molar-refractivity contribution < 1.29 is 38.9 Å². The molecule has 0 aliphatic carbocycles. The lowest BCUT2D eigenvalue weighted by atomic mass is 10.1. The van der Waals surface area contributed by atoms with Crippen molar-refractivity contribution in [1.29, 1.82) is 0 Å². The molecule has 16 heteroatoms. The summed E-state index contributed by atoms with van der Waals surface area (Å²) in [4.78, 5) is -0.426. The van der Waals surface area contributed by atoms with Gasteiger partial charge in [0, 0.05) is 16.5 Å². The predicted molar refractivity (Wildman–Crippen MR) is 146 cm³/mol. The van der Waals surface area contributed by atoms with E-state index < -0.39 is 40.1 Å². The van der Waals surface area contributed by atoms with Crippen molar-refractivity contribution in [2.75, 3.05) is 5.73 Å². The van der Waals surface area contributed by atoms with E-state index in [2.05, 4.69) is 10.2 Å². The third-order valence-corrected chi connectivity index (χ3v) is 8.61. The molecule has 0 spiro atoms. The lowest BCUT2D eigenvalue weighted by molar-refractivity contribution is 0.480. The summed E-state index contributed by atoms with van der Waals surface area (Å²) < 4.78 is 101. The van der Waals surface area contributed by atoms with Gasteiger partial charge in [-0.05, 0) is 41.5 Å². The van der Waals surface area contributed by atoms with Crippen molar-refractivity contribution in [2.24, 2.45) is 0 Å². The van der Waals surface area contributed by atoms with Gasteiger partial charge in [-0.1, -0.05) is 48.6 Å². The van der Waals surface area contributed by atoms with Crippen molar-refractivity contribution in [3.05, 3.63) is 77.9 Å². The van der Waals surface area contributed by atoms with Gasteiger partial charge in [0.25, 0.3) is 30.4 Å². The zero-order valence-electron chi connectivity index (χ0n) is 19.9. The Morgan fingerprint density at radius 2 is 1.20 bits per heavy atom. The van der Waals surface area contributed by atoms with Crippen LogP contribution in [0.5, 0.6) is 0 Å². The topological polar surface area (TPSA) is 220 Å². The molecule has 13 nitrogen and oxygen atoms in total. The number of hydrogen-bond acceptors (Lipinski definition) is 9. The maximum absolute atomic E-state index is 12.2. The average molecular weight is 603 g/mol. The van der Waals surface area contributed by atoms with Crippen molar-refractivity contribution in [3.8, 4) is 5.69 Å². The van der Waals surface area contributed by atoms with Crippen LogP contribution in [0.4, 0.5) is 5.69 Å². The van der Waals surface area contributed by atoms with Crippen LogP contribution >= 0.6 is 0 Å². The SMILES string of the molecule is Nc1ccc(/C=C/c2ccc(-n3nc4cc(S(=O)(=O)O)c5ccccc5c4n3)cc2S(=O)(=O)O)c(S(=O)(=O)O)c1. The number of fused-ring (bicyclic) bond motifs is 3. The quantitative estimate of drug-likeness (QED) is 0.125. The van der Waals surface area contributed by atoms with Gasteiger partial charge in [-0.3, -0.25) is 13.7 Å². The summed E-state index contributed by atoms with van der Waals surface area (Å²) in [6, 6.07) is 14.9. The second kappa shape index (κ2) is 9.47. The Morgan fingerprint density at radius 3 is 1.80 bits per heavy atom. The smallest absolute Gasteiger partial charge is 0.295 e. The van der Waals surface area contributed by atoms with Crippen LogP contribution in [0.2, 0.25) is 0 Å². The highest BCUT2D eigenvalue weighted by Crippen LogP contribution is 2.31. The van der Waals surface area contributed by atoms with Crippen LogP contribution in [-0.4, -0.2) is 53.9 Å². The van der Waals surface area contributed by atoms with E-state index in [1.165, 1.54) is 42.5 Å².